The normalized spacial score (nSPS) is 12.7. The number of aryl methyl sites for hydroxylation is 1. The summed E-state index contributed by atoms with van der Waals surface area (Å²) in [7, 11) is 0. The van der Waals surface area contributed by atoms with Gasteiger partial charge >= 0.3 is 0 Å². The van der Waals surface area contributed by atoms with Crippen LogP contribution in [0.1, 0.15) is 37.3 Å². The monoisotopic (exact) mass is 309 g/mol. The van der Waals surface area contributed by atoms with E-state index in [1.54, 1.807) is 0 Å². The van der Waals surface area contributed by atoms with E-state index in [4.69, 9.17) is 10.3 Å². The van der Waals surface area contributed by atoms with Gasteiger partial charge in [0.15, 0.2) is 0 Å². The van der Waals surface area contributed by atoms with Gasteiger partial charge in [-0.3, -0.25) is 0 Å². The molecule has 0 saturated heterocycles. The molecule has 18 heavy (non-hydrogen) atoms. The minimum absolute atomic E-state index is 0.177. The Morgan fingerprint density at radius 2 is 2.22 bits per heavy atom. The van der Waals surface area contributed by atoms with Crippen molar-refractivity contribution in [1.29, 1.82) is 0 Å². The first-order valence-electron chi connectivity index (χ1n) is 5.97. The van der Waals surface area contributed by atoms with Gasteiger partial charge in [-0.2, -0.15) is 4.98 Å². The van der Waals surface area contributed by atoms with Crippen molar-refractivity contribution < 1.29 is 4.52 Å². The maximum absolute atomic E-state index is 5.96. The molecule has 1 aromatic carbocycles. The second-order valence-corrected chi connectivity index (χ2v) is 5.23. The summed E-state index contributed by atoms with van der Waals surface area (Å²) in [5.74, 6) is 1.10. The van der Waals surface area contributed by atoms with Crippen molar-refractivity contribution >= 4 is 15.9 Å². The first-order chi connectivity index (χ1) is 8.61. The van der Waals surface area contributed by atoms with Crippen LogP contribution in [0.4, 0.5) is 0 Å². The van der Waals surface area contributed by atoms with Crippen LogP contribution in [0.3, 0.4) is 0 Å². The summed E-state index contributed by atoms with van der Waals surface area (Å²) >= 11 is 3.44. The van der Waals surface area contributed by atoms with Crippen LogP contribution in [0.2, 0.25) is 0 Å². The predicted molar refractivity (Wildman–Crippen MR) is 74.0 cm³/mol. The zero-order valence-corrected chi connectivity index (χ0v) is 12.1. The Kier molecular flexibility index (Phi) is 4.14. The number of rotatable bonds is 4. The summed E-state index contributed by atoms with van der Waals surface area (Å²) in [6.07, 6.45) is 1.84. The first kappa shape index (κ1) is 13.2. The third kappa shape index (κ3) is 2.79. The lowest BCUT2D eigenvalue weighted by Crippen LogP contribution is -2.09. The molecule has 0 radical (unpaired) electrons. The lowest BCUT2D eigenvalue weighted by molar-refractivity contribution is 0.348. The molecule has 0 saturated carbocycles. The van der Waals surface area contributed by atoms with Crippen LogP contribution < -0.4 is 5.73 Å². The van der Waals surface area contributed by atoms with Gasteiger partial charge in [0.1, 0.15) is 0 Å². The smallest absolute Gasteiger partial charge is 0.243 e. The summed E-state index contributed by atoms with van der Waals surface area (Å²) < 4.78 is 6.22. The quantitative estimate of drug-likeness (QED) is 0.937. The van der Waals surface area contributed by atoms with Gasteiger partial charge in [0.05, 0.1) is 6.04 Å². The van der Waals surface area contributed by atoms with Crippen molar-refractivity contribution in [3.63, 3.8) is 0 Å². The molecule has 2 aromatic rings. The van der Waals surface area contributed by atoms with Crippen molar-refractivity contribution in [3.05, 3.63) is 34.1 Å². The van der Waals surface area contributed by atoms with Crippen LogP contribution in [0, 0.1) is 6.92 Å². The van der Waals surface area contributed by atoms with Crippen LogP contribution in [0.15, 0.2) is 27.2 Å². The minimum atomic E-state index is -0.177. The fraction of sp³-hybridized carbons (Fsp3) is 0.385. The Hall–Kier alpha value is -1.20. The lowest BCUT2D eigenvalue weighted by atomic mass is 10.1. The van der Waals surface area contributed by atoms with E-state index in [0.717, 1.165) is 28.4 Å². The Morgan fingerprint density at radius 3 is 2.94 bits per heavy atom. The molecule has 0 spiro atoms. The van der Waals surface area contributed by atoms with E-state index in [1.807, 2.05) is 25.1 Å². The van der Waals surface area contributed by atoms with Gasteiger partial charge in [-0.1, -0.05) is 40.5 Å². The summed E-state index contributed by atoms with van der Waals surface area (Å²) in [5.41, 5.74) is 8.03. The summed E-state index contributed by atoms with van der Waals surface area (Å²) in [6, 6.07) is 5.81. The number of aromatic nitrogens is 2. The molecule has 0 unspecified atom stereocenters. The summed E-state index contributed by atoms with van der Waals surface area (Å²) in [4.78, 5) is 4.38. The molecule has 5 heteroatoms. The fourth-order valence-electron chi connectivity index (χ4n) is 1.76. The second-order valence-electron chi connectivity index (χ2n) is 4.31. The molecule has 4 nitrogen and oxygen atoms in total. The highest BCUT2D eigenvalue weighted by Gasteiger charge is 2.16. The number of benzene rings is 1. The first-order valence-corrected chi connectivity index (χ1v) is 6.76. The number of halogens is 1. The van der Waals surface area contributed by atoms with E-state index >= 15 is 0 Å². The maximum Gasteiger partial charge on any atom is 0.243 e. The van der Waals surface area contributed by atoms with E-state index in [1.165, 1.54) is 0 Å². The van der Waals surface area contributed by atoms with Crippen molar-refractivity contribution in [3.8, 4) is 11.4 Å². The standard InChI is InChI=1S/C13H16BrN3O/c1-3-4-11(15)13-16-12(17-18-13)10-7-9(14)6-5-8(10)2/h5-7,11H,3-4,15H2,1-2H3/t11-/m0/s1. The Morgan fingerprint density at radius 1 is 1.44 bits per heavy atom. The highest BCUT2D eigenvalue weighted by Crippen LogP contribution is 2.25. The summed E-state index contributed by atoms with van der Waals surface area (Å²) in [5, 5.41) is 4.00. The molecular weight excluding hydrogens is 294 g/mol. The number of nitrogens with two attached hydrogens (primary N) is 1. The number of nitrogens with zero attached hydrogens (tertiary/aromatic N) is 2. The topological polar surface area (TPSA) is 64.9 Å². The van der Waals surface area contributed by atoms with Crippen LogP contribution >= 0.6 is 15.9 Å². The van der Waals surface area contributed by atoms with E-state index in [-0.39, 0.29) is 6.04 Å². The highest BCUT2D eigenvalue weighted by atomic mass is 79.9. The molecule has 1 heterocycles. The molecule has 96 valence electrons. The van der Waals surface area contributed by atoms with Crippen LogP contribution in [0.5, 0.6) is 0 Å². The van der Waals surface area contributed by atoms with E-state index in [0.29, 0.717) is 11.7 Å². The third-order valence-corrected chi connectivity index (χ3v) is 3.29. The van der Waals surface area contributed by atoms with Gasteiger partial charge in [0.2, 0.25) is 11.7 Å². The Bertz CT molecular complexity index is 539. The average Bonchev–Trinajstić information content (AvgIpc) is 2.82. The van der Waals surface area contributed by atoms with Gasteiger partial charge in [0.25, 0.3) is 0 Å². The SMILES string of the molecule is CCC[C@H](N)c1nc(-c2cc(Br)ccc2C)no1. The molecule has 2 rings (SSSR count). The van der Waals surface area contributed by atoms with Crippen LogP contribution in [-0.2, 0) is 0 Å². The van der Waals surface area contributed by atoms with Crippen molar-refractivity contribution in [1.82, 2.24) is 10.1 Å². The predicted octanol–water partition coefficient (Wildman–Crippen LogP) is 3.61. The van der Waals surface area contributed by atoms with Crippen molar-refractivity contribution in [2.45, 2.75) is 32.7 Å². The highest BCUT2D eigenvalue weighted by molar-refractivity contribution is 9.10. The zero-order chi connectivity index (χ0) is 13.1. The van der Waals surface area contributed by atoms with Gasteiger partial charge in [-0.05, 0) is 31.0 Å². The minimum Gasteiger partial charge on any atom is -0.337 e. The second kappa shape index (κ2) is 5.63. The Balaban J connectivity index is 2.32. The van der Waals surface area contributed by atoms with Gasteiger partial charge in [-0.25, -0.2) is 0 Å². The van der Waals surface area contributed by atoms with Gasteiger partial charge in [0, 0.05) is 10.0 Å². The molecular formula is C13H16BrN3O. The third-order valence-electron chi connectivity index (χ3n) is 2.80. The van der Waals surface area contributed by atoms with E-state index < -0.39 is 0 Å². The molecule has 0 fully saturated rings. The summed E-state index contributed by atoms with van der Waals surface area (Å²) in [6.45, 7) is 4.10. The molecule has 0 bridgehead atoms. The van der Waals surface area contributed by atoms with Crippen LogP contribution in [-0.4, -0.2) is 10.1 Å². The van der Waals surface area contributed by atoms with Gasteiger partial charge in [-0.15, -0.1) is 0 Å². The van der Waals surface area contributed by atoms with Crippen molar-refractivity contribution in [2.24, 2.45) is 5.73 Å². The van der Waals surface area contributed by atoms with E-state index in [2.05, 4.69) is 33.0 Å². The maximum atomic E-state index is 5.96. The molecule has 2 N–H and O–H groups in total. The van der Waals surface area contributed by atoms with Gasteiger partial charge < -0.3 is 10.3 Å². The van der Waals surface area contributed by atoms with E-state index in [9.17, 15) is 0 Å². The molecule has 0 aliphatic heterocycles. The van der Waals surface area contributed by atoms with Crippen LogP contribution in [0.25, 0.3) is 11.4 Å². The molecule has 1 aromatic heterocycles. The molecule has 1 atom stereocenters. The Labute approximate surface area is 115 Å². The molecule has 0 aliphatic carbocycles. The fourth-order valence-corrected chi connectivity index (χ4v) is 2.13. The lowest BCUT2D eigenvalue weighted by Gasteiger charge is -2.03. The zero-order valence-electron chi connectivity index (χ0n) is 10.5. The number of hydrogen-bond donors (Lipinski definition) is 1. The average molecular weight is 310 g/mol. The number of hydrogen-bond acceptors (Lipinski definition) is 4. The largest absolute Gasteiger partial charge is 0.337 e. The molecule has 0 aliphatic rings. The van der Waals surface area contributed by atoms with Crippen molar-refractivity contribution in [2.75, 3.05) is 0 Å². The molecule has 0 amide bonds.